The topological polar surface area (TPSA) is 69.8 Å². The van der Waals surface area contributed by atoms with Crippen LogP contribution in [0.15, 0.2) is 64.7 Å². The van der Waals surface area contributed by atoms with Crippen molar-refractivity contribution in [1.29, 1.82) is 0 Å². The highest BCUT2D eigenvalue weighted by molar-refractivity contribution is 7.98. The number of carbonyl (C=O) groups excluding carboxylic acids is 1. The van der Waals surface area contributed by atoms with E-state index in [1.165, 1.54) is 23.7 Å². The summed E-state index contributed by atoms with van der Waals surface area (Å²) in [6, 6.07) is 14.3. The van der Waals surface area contributed by atoms with Gasteiger partial charge >= 0.3 is 0 Å². The average Bonchev–Trinajstić information content (AvgIpc) is 3.21. The molecular weight excluding hydrogens is 452 g/mol. The summed E-state index contributed by atoms with van der Waals surface area (Å²) in [5, 5.41) is 6.13. The first-order chi connectivity index (χ1) is 15.0. The molecule has 0 spiro atoms. The Bertz CT molecular complexity index is 1300. The average molecular weight is 471 g/mol. The van der Waals surface area contributed by atoms with Crippen molar-refractivity contribution >= 4 is 52.1 Å². The van der Waals surface area contributed by atoms with Crippen LogP contribution in [0.5, 0.6) is 0 Å². The zero-order chi connectivity index (χ0) is 22.0. The molecule has 0 amide bonds. The van der Waals surface area contributed by atoms with Crippen LogP contribution in [0.2, 0.25) is 5.02 Å². The molecule has 0 radical (unpaired) electrons. The smallest absolute Gasteiger partial charge is 0.265 e. The molecule has 2 aromatic heterocycles. The highest BCUT2D eigenvalue weighted by Crippen LogP contribution is 2.22. The number of benzene rings is 2. The second-order valence-corrected chi connectivity index (χ2v) is 8.81. The van der Waals surface area contributed by atoms with Gasteiger partial charge in [-0.2, -0.15) is 9.19 Å². The molecule has 0 fully saturated rings. The number of hydrogen-bond donors (Lipinski definition) is 0. The Hall–Kier alpha value is -2.55. The number of halogens is 1. The molecule has 0 N–H and O–H groups in total. The van der Waals surface area contributed by atoms with Gasteiger partial charge in [0.15, 0.2) is 16.6 Å². The van der Waals surface area contributed by atoms with Crippen LogP contribution in [0.1, 0.15) is 28.4 Å². The summed E-state index contributed by atoms with van der Waals surface area (Å²) < 4.78 is 3.34. The quantitative estimate of drug-likeness (QED) is 0.217. The van der Waals surface area contributed by atoms with Crippen LogP contribution < -0.4 is 5.56 Å². The van der Waals surface area contributed by atoms with Crippen molar-refractivity contribution in [3.8, 4) is 0 Å². The molecule has 158 valence electrons. The fraction of sp³-hybridized carbons (Fsp3) is 0.182. The van der Waals surface area contributed by atoms with E-state index in [2.05, 4.69) is 10.1 Å². The van der Waals surface area contributed by atoms with Gasteiger partial charge < -0.3 is 0 Å². The third-order valence-electron chi connectivity index (χ3n) is 4.80. The van der Waals surface area contributed by atoms with Gasteiger partial charge in [0.25, 0.3) is 5.56 Å². The number of carbonyl (C=O) groups is 1. The van der Waals surface area contributed by atoms with Crippen molar-refractivity contribution in [3.05, 3.63) is 86.8 Å². The molecule has 2 heterocycles. The van der Waals surface area contributed by atoms with E-state index in [1.807, 2.05) is 37.4 Å². The molecule has 0 saturated heterocycles. The second-order valence-electron chi connectivity index (χ2n) is 6.71. The van der Waals surface area contributed by atoms with Gasteiger partial charge in [0, 0.05) is 28.4 Å². The molecule has 0 saturated carbocycles. The summed E-state index contributed by atoms with van der Waals surface area (Å²) in [7, 11) is 0. The Morgan fingerprint density at radius 1 is 1.06 bits per heavy atom. The zero-order valence-electron chi connectivity index (χ0n) is 16.9. The minimum atomic E-state index is -0.0752. The lowest BCUT2D eigenvalue weighted by Crippen LogP contribution is -2.22. The van der Waals surface area contributed by atoms with Crippen molar-refractivity contribution in [2.75, 3.05) is 6.26 Å². The summed E-state index contributed by atoms with van der Waals surface area (Å²) in [4.78, 5) is 29.9. The van der Waals surface area contributed by atoms with Gasteiger partial charge in [-0.3, -0.25) is 14.2 Å². The first kappa shape index (κ1) is 21.7. The number of rotatable bonds is 7. The highest BCUT2D eigenvalue weighted by Gasteiger charge is 2.15. The van der Waals surface area contributed by atoms with Crippen molar-refractivity contribution < 1.29 is 4.79 Å². The standard InChI is InChI=1S/C22H19ClN4O2S2/c1-3-26-21(29)18-12-24-27(20(18)25-22(26)30-2)31-13-14-4-6-15(7-5-14)19(28)16-8-10-17(23)11-9-16/h4-12H,3,13H2,1-2H3. The van der Waals surface area contributed by atoms with Gasteiger partial charge in [-0.15, -0.1) is 0 Å². The molecule has 0 bridgehead atoms. The van der Waals surface area contributed by atoms with Crippen molar-refractivity contribution in [2.24, 2.45) is 0 Å². The lowest BCUT2D eigenvalue weighted by atomic mass is 10.0. The van der Waals surface area contributed by atoms with E-state index >= 15 is 0 Å². The summed E-state index contributed by atoms with van der Waals surface area (Å²) >= 11 is 8.78. The molecule has 9 heteroatoms. The molecule has 0 aliphatic rings. The predicted molar refractivity (Wildman–Crippen MR) is 127 cm³/mol. The van der Waals surface area contributed by atoms with Crippen molar-refractivity contribution in [1.82, 2.24) is 18.7 Å². The minimum Gasteiger partial charge on any atom is -0.289 e. The van der Waals surface area contributed by atoms with Gasteiger partial charge in [-0.05, 0) is 55.0 Å². The van der Waals surface area contributed by atoms with Gasteiger partial charge in [0.05, 0.1) is 6.20 Å². The van der Waals surface area contributed by atoms with Crippen LogP contribution in [0.3, 0.4) is 0 Å². The second kappa shape index (κ2) is 9.30. The highest BCUT2D eigenvalue weighted by atomic mass is 35.5. The Labute approximate surface area is 192 Å². The molecule has 6 nitrogen and oxygen atoms in total. The van der Waals surface area contributed by atoms with Crippen molar-refractivity contribution in [3.63, 3.8) is 0 Å². The summed E-state index contributed by atoms with van der Waals surface area (Å²) in [5.74, 6) is 0.578. The maximum Gasteiger partial charge on any atom is 0.265 e. The van der Waals surface area contributed by atoms with E-state index in [1.54, 1.807) is 39.1 Å². The SMILES string of the molecule is CCn1c(SC)nc2c(cnn2SCc2ccc(C(=O)c3ccc(Cl)cc3)cc2)c1=O. The van der Waals surface area contributed by atoms with Crippen LogP contribution in [0, 0.1) is 0 Å². The van der Waals surface area contributed by atoms with E-state index in [-0.39, 0.29) is 11.3 Å². The van der Waals surface area contributed by atoms with E-state index in [0.717, 1.165) is 5.56 Å². The molecule has 4 rings (SSSR count). The largest absolute Gasteiger partial charge is 0.289 e. The van der Waals surface area contributed by atoms with Gasteiger partial charge in [0.1, 0.15) is 5.39 Å². The fourth-order valence-electron chi connectivity index (χ4n) is 3.15. The van der Waals surface area contributed by atoms with Crippen LogP contribution in [0.25, 0.3) is 11.0 Å². The predicted octanol–water partition coefficient (Wildman–Crippen LogP) is 4.92. The van der Waals surface area contributed by atoms with E-state index in [0.29, 0.717) is 44.6 Å². The molecule has 0 atom stereocenters. The number of aromatic nitrogens is 4. The number of thioether (sulfide) groups is 1. The van der Waals surface area contributed by atoms with Gasteiger partial charge in [-0.25, -0.2) is 4.98 Å². The maximum absolute atomic E-state index is 12.7. The Morgan fingerprint density at radius 3 is 2.32 bits per heavy atom. The molecule has 0 aliphatic carbocycles. The maximum atomic E-state index is 12.7. The monoisotopic (exact) mass is 470 g/mol. The minimum absolute atomic E-state index is 0.0464. The normalized spacial score (nSPS) is 11.2. The van der Waals surface area contributed by atoms with Gasteiger partial charge in [0.2, 0.25) is 0 Å². The molecule has 0 unspecified atom stereocenters. The number of fused-ring (bicyclic) bond motifs is 1. The molecule has 0 aliphatic heterocycles. The first-order valence-corrected chi connectivity index (χ1v) is 12.1. The molecule has 31 heavy (non-hydrogen) atoms. The number of ketones is 1. The summed E-state index contributed by atoms with van der Waals surface area (Å²) in [6.07, 6.45) is 3.47. The van der Waals surface area contributed by atoms with Gasteiger partial charge in [-0.1, -0.05) is 47.6 Å². The molecule has 4 aromatic rings. The van der Waals surface area contributed by atoms with E-state index < -0.39 is 0 Å². The molecular formula is C22H19ClN4O2S2. The summed E-state index contributed by atoms with van der Waals surface area (Å²) in [6.45, 7) is 2.49. The third kappa shape index (κ3) is 4.42. The van der Waals surface area contributed by atoms with Crippen LogP contribution in [-0.4, -0.2) is 30.8 Å². The van der Waals surface area contributed by atoms with Crippen LogP contribution in [0.4, 0.5) is 0 Å². The summed E-state index contributed by atoms with van der Waals surface area (Å²) in [5.41, 5.74) is 2.75. The fourth-order valence-corrected chi connectivity index (χ4v) is 4.72. The Morgan fingerprint density at radius 2 is 1.71 bits per heavy atom. The van der Waals surface area contributed by atoms with E-state index in [9.17, 15) is 9.59 Å². The number of hydrogen-bond acceptors (Lipinski definition) is 6. The van der Waals surface area contributed by atoms with E-state index in [4.69, 9.17) is 11.6 Å². The Kier molecular flexibility index (Phi) is 6.50. The van der Waals surface area contributed by atoms with Crippen LogP contribution >= 0.6 is 35.3 Å². The van der Waals surface area contributed by atoms with Crippen molar-refractivity contribution in [2.45, 2.75) is 24.4 Å². The molecule has 2 aromatic carbocycles. The lowest BCUT2D eigenvalue weighted by molar-refractivity contribution is 0.103. The number of nitrogens with zero attached hydrogens (tertiary/aromatic N) is 4. The Balaban J connectivity index is 1.51. The lowest BCUT2D eigenvalue weighted by Gasteiger charge is -2.08. The van der Waals surface area contributed by atoms with Crippen LogP contribution in [-0.2, 0) is 12.3 Å². The third-order valence-corrected chi connectivity index (χ3v) is 6.70. The first-order valence-electron chi connectivity index (χ1n) is 9.57. The zero-order valence-corrected chi connectivity index (χ0v) is 19.3.